The Balaban J connectivity index is 3.03. The van der Waals surface area contributed by atoms with Crippen molar-refractivity contribution in [2.75, 3.05) is 7.11 Å². The summed E-state index contributed by atoms with van der Waals surface area (Å²) in [5.41, 5.74) is 6.99. The molecule has 112 valence electrons. The van der Waals surface area contributed by atoms with Crippen LogP contribution in [0, 0.1) is 10.1 Å². The Bertz CT molecular complexity index is 462. The predicted octanol–water partition coefficient (Wildman–Crippen LogP) is 3.44. The zero-order chi connectivity index (χ0) is 15.2. The molecule has 0 radical (unpaired) electrons. The lowest BCUT2D eigenvalue weighted by Gasteiger charge is -2.29. The maximum Gasteiger partial charge on any atom is 0.269 e. The number of non-ortho nitro benzene ring substituents is 1. The molecule has 0 spiro atoms. The number of ether oxygens (including phenoxy) is 1. The third-order valence-corrected chi connectivity index (χ3v) is 3.75. The Labute approximate surface area is 120 Å². The lowest BCUT2D eigenvalue weighted by molar-refractivity contribution is -0.384. The Morgan fingerprint density at radius 3 is 2.60 bits per heavy atom. The molecule has 0 amide bonds. The van der Waals surface area contributed by atoms with Gasteiger partial charge in [0, 0.05) is 23.2 Å². The van der Waals surface area contributed by atoms with E-state index >= 15 is 0 Å². The molecule has 1 rings (SSSR count). The monoisotopic (exact) mass is 280 g/mol. The Hall–Kier alpha value is -1.62. The van der Waals surface area contributed by atoms with E-state index in [1.165, 1.54) is 6.07 Å². The van der Waals surface area contributed by atoms with Gasteiger partial charge in [0.15, 0.2) is 0 Å². The molecular formula is C15H24N2O3. The largest absolute Gasteiger partial charge is 0.496 e. The molecule has 0 fully saturated rings. The molecule has 0 aliphatic rings. The third kappa shape index (κ3) is 4.20. The fourth-order valence-electron chi connectivity index (χ4n) is 2.32. The quantitative estimate of drug-likeness (QED) is 0.584. The summed E-state index contributed by atoms with van der Waals surface area (Å²) in [6.07, 6.45) is 4.48. The second-order valence-electron chi connectivity index (χ2n) is 5.25. The topological polar surface area (TPSA) is 78.4 Å². The van der Waals surface area contributed by atoms with E-state index in [2.05, 4.69) is 13.8 Å². The number of nitro benzene ring substituents is 1. The van der Waals surface area contributed by atoms with Crippen molar-refractivity contribution in [3.63, 3.8) is 0 Å². The lowest BCUT2D eigenvalue weighted by Crippen LogP contribution is -2.41. The number of benzene rings is 1. The zero-order valence-corrected chi connectivity index (χ0v) is 12.5. The van der Waals surface area contributed by atoms with Gasteiger partial charge in [-0.15, -0.1) is 0 Å². The molecule has 0 aliphatic carbocycles. The molecular weight excluding hydrogens is 256 g/mol. The molecule has 1 aromatic rings. The summed E-state index contributed by atoms with van der Waals surface area (Å²) in [5, 5.41) is 10.9. The number of nitrogens with two attached hydrogens (primary N) is 1. The van der Waals surface area contributed by atoms with Crippen LogP contribution in [0.15, 0.2) is 18.2 Å². The van der Waals surface area contributed by atoms with E-state index in [1.54, 1.807) is 19.2 Å². The maximum absolute atomic E-state index is 10.9. The van der Waals surface area contributed by atoms with E-state index in [0.717, 1.165) is 31.2 Å². The van der Waals surface area contributed by atoms with Gasteiger partial charge < -0.3 is 10.5 Å². The van der Waals surface area contributed by atoms with Crippen molar-refractivity contribution < 1.29 is 9.66 Å². The highest BCUT2D eigenvalue weighted by Crippen LogP contribution is 2.29. The SMILES string of the molecule is CCCCC(N)(CC)Cc1cc([N+](=O)[O-])ccc1OC. The van der Waals surface area contributed by atoms with Gasteiger partial charge in [0.2, 0.25) is 0 Å². The van der Waals surface area contributed by atoms with Gasteiger partial charge in [0.1, 0.15) is 5.75 Å². The number of hydrogen-bond acceptors (Lipinski definition) is 4. The summed E-state index contributed by atoms with van der Waals surface area (Å²) < 4.78 is 5.30. The van der Waals surface area contributed by atoms with Crippen LogP contribution in [0.1, 0.15) is 45.1 Å². The number of methoxy groups -OCH3 is 1. The average Bonchev–Trinajstić information content (AvgIpc) is 2.45. The summed E-state index contributed by atoms with van der Waals surface area (Å²) >= 11 is 0. The molecule has 0 saturated heterocycles. The first-order chi connectivity index (χ1) is 9.45. The van der Waals surface area contributed by atoms with Crippen LogP contribution in [-0.2, 0) is 6.42 Å². The third-order valence-electron chi connectivity index (χ3n) is 3.75. The number of hydrogen-bond donors (Lipinski definition) is 1. The Morgan fingerprint density at radius 2 is 2.10 bits per heavy atom. The molecule has 0 aromatic heterocycles. The van der Waals surface area contributed by atoms with E-state index in [4.69, 9.17) is 10.5 Å². The summed E-state index contributed by atoms with van der Waals surface area (Å²) in [4.78, 5) is 10.5. The first kappa shape index (κ1) is 16.4. The summed E-state index contributed by atoms with van der Waals surface area (Å²) in [5.74, 6) is 0.662. The molecule has 5 heteroatoms. The van der Waals surface area contributed by atoms with E-state index in [9.17, 15) is 10.1 Å². The Morgan fingerprint density at radius 1 is 1.40 bits per heavy atom. The van der Waals surface area contributed by atoms with Crippen LogP contribution in [0.5, 0.6) is 5.75 Å². The molecule has 1 unspecified atom stereocenters. The fourth-order valence-corrected chi connectivity index (χ4v) is 2.32. The molecule has 1 atom stereocenters. The molecule has 20 heavy (non-hydrogen) atoms. The van der Waals surface area contributed by atoms with Crippen molar-refractivity contribution >= 4 is 5.69 Å². The van der Waals surface area contributed by atoms with Crippen LogP contribution >= 0.6 is 0 Å². The van der Waals surface area contributed by atoms with E-state index in [0.29, 0.717) is 12.2 Å². The van der Waals surface area contributed by atoms with E-state index in [1.807, 2.05) is 0 Å². The summed E-state index contributed by atoms with van der Waals surface area (Å²) in [7, 11) is 1.57. The smallest absolute Gasteiger partial charge is 0.269 e. The highest BCUT2D eigenvalue weighted by atomic mass is 16.6. The highest BCUT2D eigenvalue weighted by Gasteiger charge is 2.25. The standard InChI is InChI=1S/C15H24N2O3/c1-4-6-9-15(16,5-2)11-12-10-13(17(18)19)7-8-14(12)20-3/h7-8,10H,4-6,9,11,16H2,1-3H3. The van der Waals surface area contributed by atoms with Gasteiger partial charge in [0.25, 0.3) is 5.69 Å². The van der Waals surface area contributed by atoms with Crippen molar-refractivity contribution in [2.24, 2.45) is 5.73 Å². The number of nitro groups is 1. The molecule has 0 heterocycles. The van der Waals surface area contributed by atoms with Crippen LogP contribution in [0.4, 0.5) is 5.69 Å². The van der Waals surface area contributed by atoms with Gasteiger partial charge in [-0.05, 0) is 25.3 Å². The van der Waals surface area contributed by atoms with Crippen LogP contribution in [0.25, 0.3) is 0 Å². The first-order valence-electron chi connectivity index (χ1n) is 7.06. The van der Waals surface area contributed by atoms with Crippen molar-refractivity contribution in [3.8, 4) is 5.75 Å². The molecule has 2 N–H and O–H groups in total. The zero-order valence-electron chi connectivity index (χ0n) is 12.5. The van der Waals surface area contributed by atoms with Crippen LogP contribution < -0.4 is 10.5 Å². The summed E-state index contributed by atoms with van der Waals surface area (Å²) in [6.45, 7) is 4.18. The van der Waals surface area contributed by atoms with Gasteiger partial charge in [-0.1, -0.05) is 26.7 Å². The van der Waals surface area contributed by atoms with Crippen LogP contribution in [0.2, 0.25) is 0 Å². The number of unbranched alkanes of at least 4 members (excludes halogenated alkanes) is 1. The minimum atomic E-state index is -0.390. The first-order valence-corrected chi connectivity index (χ1v) is 7.06. The van der Waals surface area contributed by atoms with Crippen molar-refractivity contribution in [3.05, 3.63) is 33.9 Å². The second-order valence-corrected chi connectivity index (χ2v) is 5.25. The second kappa shape index (κ2) is 7.24. The van der Waals surface area contributed by atoms with Crippen LogP contribution in [-0.4, -0.2) is 17.6 Å². The van der Waals surface area contributed by atoms with Gasteiger partial charge in [0.05, 0.1) is 12.0 Å². The van der Waals surface area contributed by atoms with Crippen LogP contribution in [0.3, 0.4) is 0 Å². The summed E-state index contributed by atoms with van der Waals surface area (Å²) in [6, 6.07) is 4.67. The van der Waals surface area contributed by atoms with Gasteiger partial charge in [-0.3, -0.25) is 10.1 Å². The van der Waals surface area contributed by atoms with Gasteiger partial charge in [-0.2, -0.15) is 0 Å². The van der Waals surface area contributed by atoms with Crippen molar-refractivity contribution in [1.29, 1.82) is 0 Å². The predicted molar refractivity (Wildman–Crippen MR) is 80.1 cm³/mol. The Kier molecular flexibility index (Phi) is 5.95. The molecule has 5 nitrogen and oxygen atoms in total. The van der Waals surface area contributed by atoms with Crippen molar-refractivity contribution in [1.82, 2.24) is 0 Å². The van der Waals surface area contributed by atoms with E-state index in [-0.39, 0.29) is 16.1 Å². The lowest BCUT2D eigenvalue weighted by atomic mass is 9.84. The molecule has 0 aliphatic heterocycles. The van der Waals surface area contributed by atoms with E-state index < -0.39 is 0 Å². The minimum absolute atomic E-state index is 0.0785. The fraction of sp³-hybridized carbons (Fsp3) is 0.600. The van der Waals surface area contributed by atoms with Gasteiger partial charge in [-0.25, -0.2) is 0 Å². The highest BCUT2D eigenvalue weighted by molar-refractivity contribution is 5.44. The van der Waals surface area contributed by atoms with Crippen molar-refractivity contribution in [2.45, 2.75) is 51.5 Å². The molecule has 1 aromatic carbocycles. The minimum Gasteiger partial charge on any atom is -0.496 e. The number of rotatable bonds is 8. The number of nitrogens with zero attached hydrogens (tertiary/aromatic N) is 1. The molecule has 0 bridgehead atoms. The molecule has 0 saturated carbocycles. The average molecular weight is 280 g/mol. The van der Waals surface area contributed by atoms with Gasteiger partial charge >= 0.3 is 0 Å². The maximum atomic E-state index is 10.9. The normalized spacial score (nSPS) is 13.8.